The largest absolute Gasteiger partial charge is 0.386 e. The van der Waals surface area contributed by atoms with Crippen LogP contribution in [0.1, 0.15) is 16.5 Å². The minimum Gasteiger partial charge on any atom is -0.386 e. The van der Waals surface area contributed by atoms with Crippen molar-refractivity contribution in [3.05, 3.63) is 57.6 Å². The lowest BCUT2D eigenvalue weighted by Crippen LogP contribution is -2.20. The van der Waals surface area contributed by atoms with Gasteiger partial charge in [0.1, 0.15) is 6.10 Å². The summed E-state index contributed by atoms with van der Waals surface area (Å²) >= 11 is 3.36. The zero-order valence-electron chi connectivity index (χ0n) is 10.4. The monoisotopic (exact) mass is 289 g/mol. The smallest absolute Gasteiger partial charge is 0.101 e. The zero-order chi connectivity index (χ0) is 13.1. The van der Waals surface area contributed by atoms with Gasteiger partial charge in [0.15, 0.2) is 0 Å². The quantitative estimate of drug-likeness (QED) is 0.749. The Morgan fingerprint density at radius 2 is 2.11 bits per heavy atom. The second-order valence-corrected chi connectivity index (χ2v) is 6.36. The number of benzene rings is 1. The molecule has 2 aromatic heterocycles. The summed E-state index contributed by atoms with van der Waals surface area (Å²) in [4.78, 5) is 1.03. The van der Waals surface area contributed by atoms with Crippen LogP contribution in [0.25, 0.3) is 10.1 Å². The highest BCUT2D eigenvalue weighted by molar-refractivity contribution is 7.19. The fourth-order valence-corrected chi connectivity index (χ4v) is 3.73. The highest BCUT2D eigenvalue weighted by Crippen LogP contribution is 2.29. The Balaban J connectivity index is 1.61. The molecule has 0 amide bonds. The van der Waals surface area contributed by atoms with E-state index in [-0.39, 0.29) is 0 Å². The Morgan fingerprint density at radius 1 is 1.21 bits per heavy atom. The van der Waals surface area contributed by atoms with Crippen molar-refractivity contribution < 1.29 is 5.11 Å². The van der Waals surface area contributed by atoms with E-state index < -0.39 is 6.10 Å². The first-order chi connectivity index (χ1) is 9.33. The summed E-state index contributed by atoms with van der Waals surface area (Å²) < 4.78 is 1.23. The van der Waals surface area contributed by atoms with Crippen molar-refractivity contribution in [2.45, 2.75) is 12.6 Å². The Hall–Kier alpha value is -1.20. The third kappa shape index (κ3) is 3.04. The first-order valence-corrected chi connectivity index (χ1v) is 7.97. The van der Waals surface area contributed by atoms with Crippen LogP contribution >= 0.6 is 22.7 Å². The lowest BCUT2D eigenvalue weighted by atomic mass is 10.2. The van der Waals surface area contributed by atoms with E-state index in [1.54, 1.807) is 22.7 Å². The van der Waals surface area contributed by atoms with E-state index in [1.807, 2.05) is 12.1 Å². The van der Waals surface area contributed by atoms with Gasteiger partial charge in [0.25, 0.3) is 0 Å². The SMILES string of the molecule is OC(CNCc1ccsc1)c1cc2ccccc2s1. The predicted octanol–water partition coefficient (Wildman–Crippen LogP) is 3.79. The summed E-state index contributed by atoms with van der Waals surface area (Å²) in [6.45, 7) is 1.40. The lowest BCUT2D eigenvalue weighted by molar-refractivity contribution is 0.178. The van der Waals surface area contributed by atoms with Crippen LogP contribution in [0.5, 0.6) is 0 Å². The van der Waals surface area contributed by atoms with Gasteiger partial charge in [0.2, 0.25) is 0 Å². The van der Waals surface area contributed by atoms with Gasteiger partial charge in [-0.15, -0.1) is 11.3 Å². The van der Waals surface area contributed by atoms with E-state index in [0.717, 1.165) is 11.4 Å². The van der Waals surface area contributed by atoms with Gasteiger partial charge in [-0.1, -0.05) is 18.2 Å². The van der Waals surface area contributed by atoms with Crippen molar-refractivity contribution >= 4 is 32.8 Å². The molecule has 0 saturated heterocycles. The van der Waals surface area contributed by atoms with Gasteiger partial charge in [-0.2, -0.15) is 11.3 Å². The molecule has 0 saturated carbocycles. The van der Waals surface area contributed by atoms with Crippen molar-refractivity contribution in [3.8, 4) is 0 Å². The molecule has 0 aliphatic carbocycles. The molecule has 0 fully saturated rings. The van der Waals surface area contributed by atoms with Gasteiger partial charge in [-0.3, -0.25) is 0 Å². The molecule has 3 aromatic rings. The standard InChI is InChI=1S/C15H15NOS2/c17-13(9-16-8-11-5-6-18-10-11)15-7-12-3-1-2-4-14(12)19-15/h1-7,10,13,16-17H,8-9H2. The molecule has 1 unspecified atom stereocenters. The summed E-state index contributed by atoms with van der Waals surface area (Å²) in [5.41, 5.74) is 1.27. The second-order valence-electron chi connectivity index (χ2n) is 4.46. The van der Waals surface area contributed by atoms with Crippen LogP contribution in [0.15, 0.2) is 47.2 Å². The van der Waals surface area contributed by atoms with Gasteiger partial charge in [-0.25, -0.2) is 0 Å². The van der Waals surface area contributed by atoms with Crippen LogP contribution < -0.4 is 5.32 Å². The number of aliphatic hydroxyl groups excluding tert-OH is 1. The Bertz CT molecular complexity index is 612. The van der Waals surface area contributed by atoms with Gasteiger partial charge in [0.05, 0.1) is 0 Å². The first kappa shape index (κ1) is 12.8. The lowest BCUT2D eigenvalue weighted by Gasteiger charge is -2.09. The predicted molar refractivity (Wildman–Crippen MR) is 82.8 cm³/mol. The van der Waals surface area contributed by atoms with Gasteiger partial charge in [0, 0.05) is 22.7 Å². The number of nitrogens with one attached hydrogen (secondary N) is 1. The molecule has 2 N–H and O–H groups in total. The van der Waals surface area contributed by atoms with Crippen LogP contribution in [0.2, 0.25) is 0 Å². The zero-order valence-corrected chi connectivity index (χ0v) is 12.0. The maximum absolute atomic E-state index is 10.2. The maximum Gasteiger partial charge on any atom is 0.101 e. The number of rotatable bonds is 5. The van der Waals surface area contributed by atoms with E-state index in [1.165, 1.54) is 15.6 Å². The van der Waals surface area contributed by atoms with Crippen LogP contribution in [0, 0.1) is 0 Å². The molecule has 98 valence electrons. The van der Waals surface area contributed by atoms with Gasteiger partial charge < -0.3 is 10.4 Å². The van der Waals surface area contributed by atoms with Crippen LogP contribution in [0.3, 0.4) is 0 Å². The summed E-state index contributed by atoms with van der Waals surface area (Å²) in [5.74, 6) is 0. The fraction of sp³-hybridized carbons (Fsp3) is 0.200. The minimum atomic E-state index is -0.434. The summed E-state index contributed by atoms with van der Waals surface area (Å²) in [5, 5.41) is 18.9. The number of fused-ring (bicyclic) bond motifs is 1. The van der Waals surface area contributed by atoms with Crippen LogP contribution in [-0.2, 0) is 6.54 Å². The third-order valence-electron chi connectivity index (χ3n) is 3.02. The average Bonchev–Trinajstić information content (AvgIpc) is 3.07. The normalized spacial score (nSPS) is 12.9. The van der Waals surface area contributed by atoms with Crippen LogP contribution in [0.4, 0.5) is 0 Å². The van der Waals surface area contributed by atoms with Gasteiger partial charge >= 0.3 is 0 Å². The van der Waals surface area contributed by atoms with Crippen molar-refractivity contribution in [2.24, 2.45) is 0 Å². The molecule has 0 bridgehead atoms. The highest BCUT2D eigenvalue weighted by atomic mass is 32.1. The maximum atomic E-state index is 10.2. The Morgan fingerprint density at radius 3 is 2.89 bits per heavy atom. The van der Waals surface area contributed by atoms with Gasteiger partial charge in [-0.05, 0) is 39.9 Å². The van der Waals surface area contributed by atoms with Crippen molar-refractivity contribution in [3.63, 3.8) is 0 Å². The second kappa shape index (κ2) is 5.84. The minimum absolute atomic E-state index is 0.434. The Labute approximate surface area is 120 Å². The number of thiophene rings is 2. The molecular formula is C15H15NOS2. The molecule has 2 heterocycles. The molecule has 1 atom stereocenters. The van der Waals surface area contributed by atoms with Crippen molar-refractivity contribution in [1.82, 2.24) is 5.32 Å². The molecule has 0 aliphatic heterocycles. The summed E-state index contributed by atoms with van der Waals surface area (Å²) in [6, 6.07) is 12.4. The number of aliphatic hydroxyl groups is 1. The van der Waals surface area contributed by atoms with E-state index >= 15 is 0 Å². The number of hydrogen-bond donors (Lipinski definition) is 2. The molecule has 1 aromatic carbocycles. The highest BCUT2D eigenvalue weighted by Gasteiger charge is 2.10. The third-order valence-corrected chi connectivity index (χ3v) is 4.97. The Kier molecular flexibility index (Phi) is 3.94. The molecule has 0 radical (unpaired) electrons. The molecule has 4 heteroatoms. The van der Waals surface area contributed by atoms with E-state index in [2.05, 4.69) is 40.3 Å². The molecule has 2 nitrogen and oxygen atoms in total. The summed E-state index contributed by atoms with van der Waals surface area (Å²) in [7, 11) is 0. The van der Waals surface area contributed by atoms with Crippen molar-refractivity contribution in [1.29, 1.82) is 0 Å². The average molecular weight is 289 g/mol. The molecule has 0 aliphatic rings. The first-order valence-electron chi connectivity index (χ1n) is 6.21. The van der Waals surface area contributed by atoms with Crippen molar-refractivity contribution in [2.75, 3.05) is 6.54 Å². The van der Waals surface area contributed by atoms with E-state index in [0.29, 0.717) is 6.54 Å². The number of hydrogen-bond acceptors (Lipinski definition) is 4. The van der Waals surface area contributed by atoms with E-state index in [4.69, 9.17) is 0 Å². The fourth-order valence-electron chi connectivity index (χ4n) is 2.01. The molecular weight excluding hydrogens is 274 g/mol. The summed E-state index contributed by atoms with van der Waals surface area (Å²) in [6.07, 6.45) is -0.434. The topological polar surface area (TPSA) is 32.3 Å². The van der Waals surface area contributed by atoms with E-state index in [9.17, 15) is 5.11 Å². The molecule has 0 spiro atoms. The molecule has 3 rings (SSSR count). The molecule has 19 heavy (non-hydrogen) atoms. The van der Waals surface area contributed by atoms with Crippen LogP contribution in [-0.4, -0.2) is 11.7 Å².